The molecule has 3 aromatic heterocycles. The Morgan fingerprint density at radius 3 is 1.81 bits per heavy atom. The third-order valence-electron chi connectivity index (χ3n) is 9.39. The minimum absolute atomic E-state index is 0.540. The molecule has 1 aliphatic heterocycles. The van der Waals surface area contributed by atoms with Crippen molar-refractivity contribution in [3.8, 4) is 11.9 Å². The van der Waals surface area contributed by atoms with Crippen LogP contribution in [0.15, 0.2) is 164 Å². The van der Waals surface area contributed by atoms with Crippen LogP contribution in [0.4, 0.5) is 17.2 Å². The van der Waals surface area contributed by atoms with E-state index in [9.17, 15) is 5.26 Å². The monoisotopic (exact) mass is 601 g/mol. The molecule has 4 heterocycles. The molecule has 0 amide bonds. The van der Waals surface area contributed by atoms with Gasteiger partial charge in [-0.1, -0.05) is 103 Å². The van der Waals surface area contributed by atoms with Gasteiger partial charge in [-0.25, -0.2) is 4.98 Å². The van der Waals surface area contributed by atoms with E-state index in [2.05, 4.69) is 142 Å². The van der Waals surface area contributed by atoms with E-state index in [4.69, 9.17) is 4.98 Å². The topological polar surface area (TPSA) is 57.7 Å². The van der Waals surface area contributed by atoms with Crippen LogP contribution in [0.2, 0.25) is 0 Å². The summed E-state index contributed by atoms with van der Waals surface area (Å²) in [7, 11) is 0. The first-order valence-electron chi connectivity index (χ1n) is 15.6. The lowest BCUT2D eigenvalue weighted by Crippen LogP contribution is -2.37. The van der Waals surface area contributed by atoms with Crippen LogP contribution in [0.3, 0.4) is 0 Å². The second-order valence-electron chi connectivity index (χ2n) is 11.8. The molecule has 5 aromatic carbocycles. The Labute approximate surface area is 272 Å². The van der Waals surface area contributed by atoms with Crippen LogP contribution in [0, 0.1) is 11.3 Å². The molecule has 0 saturated heterocycles. The maximum atomic E-state index is 9.63. The minimum Gasteiger partial charge on any atom is -0.294 e. The van der Waals surface area contributed by atoms with Crippen molar-refractivity contribution in [2.75, 3.05) is 4.90 Å². The first kappa shape index (κ1) is 26.9. The van der Waals surface area contributed by atoms with Gasteiger partial charge in [0, 0.05) is 23.2 Å². The van der Waals surface area contributed by atoms with Crippen LogP contribution in [0.25, 0.3) is 27.6 Å². The number of benzene rings is 5. The predicted octanol–water partition coefficient (Wildman–Crippen LogP) is 9.61. The summed E-state index contributed by atoms with van der Waals surface area (Å²) in [6, 6.07) is 55.3. The lowest BCUT2D eigenvalue weighted by Gasteiger charge is -2.46. The predicted molar refractivity (Wildman–Crippen MR) is 188 cm³/mol. The van der Waals surface area contributed by atoms with E-state index in [0.29, 0.717) is 5.56 Å². The summed E-state index contributed by atoms with van der Waals surface area (Å²) in [6.07, 6.45) is 3.67. The van der Waals surface area contributed by atoms with Gasteiger partial charge in [-0.05, 0) is 70.8 Å². The SMILES string of the molecule is N#Cc1ccc2c(c1)c1cnccc1n2-c1cccc(N2c3ccccc3C(c3ccccc3)(c3ccccc3)c3ccccc32)n1. The first-order valence-corrected chi connectivity index (χ1v) is 15.6. The van der Waals surface area contributed by atoms with Crippen LogP contribution < -0.4 is 4.90 Å². The molecule has 0 fully saturated rings. The minimum atomic E-state index is -0.540. The lowest BCUT2D eigenvalue weighted by molar-refractivity contribution is 0.730. The maximum absolute atomic E-state index is 9.63. The summed E-state index contributed by atoms with van der Waals surface area (Å²) in [4.78, 5) is 12.1. The van der Waals surface area contributed by atoms with Crippen molar-refractivity contribution in [1.29, 1.82) is 5.26 Å². The molecule has 47 heavy (non-hydrogen) atoms. The molecular formula is C42H27N5. The van der Waals surface area contributed by atoms with Crippen LogP contribution >= 0.6 is 0 Å². The lowest BCUT2D eigenvalue weighted by atomic mass is 9.62. The molecule has 220 valence electrons. The zero-order chi connectivity index (χ0) is 31.4. The molecule has 0 saturated carbocycles. The maximum Gasteiger partial charge on any atom is 0.140 e. The fraction of sp³-hybridized carbons (Fsp3) is 0.0238. The number of nitrogens with zero attached hydrogens (tertiary/aromatic N) is 5. The summed E-state index contributed by atoms with van der Waals surface area (Å²) in [5.41, 5.74) is 9.00. The highest BCUT2D eigenvalue weighted by Gasteiger charge is 2.46. The average Bonchev–Trinajstić information content (AvgIpc) is 3.48. The Hall–Kier alpha value is -6.51. The summed E-state index contributed by atoms with van der Waals surface area (Å²) in [5.74, 6) is 1.60. The molecule has 8 aromatic rings. The number of rotatable bonds is 4. The smallest absolute Gasteiger partial charge is 0.140 e. The highest BCUT2D eigenvalue weighted by atomic mass is 15.2. The number of hydrogen-bond donors (Lipinski definition) is 0. The van der Waals surface area contributed by atoms with Crippen molar-refractivity contribution >= 4 is 39.0 Å². The number of para-hydroxylation sites is 2. The van der Waals surface area contributed by atoms with Crippen LogP contribution in [-0.4, -0.2) is 14.5 Å². The molecule has 0 N–H and O–H groups in total. The molecule has 5 heteroatoms. The number of hydrogen-bond acceptors (Lipinski definition) is 4. The summed E-state index contributed by atoms with van der Waals surface area (Å²) >= 11 is 0. The van der Waals surface area contributed by atoms with Crippen LogP contribution in [0.5, 0.6) is 0 Å². The normalized spacial score (nSPS) is 13.2. The second-order valence-corrected chi connectivity index (χ2v) is 11.8. The van der Waals surface area contributed by atoms with Crippen molar-refractivity contribution < 1.29 is 0 Å². The number of anilines is 3. The van der Waals surface area contributed by atoms with Crippen molar-refractivity contribution in [2.45, 2.75) is 5.41 Å². The van der Waals surface area contributed by atoms with Gasteiger partial charge in [0.25, 0.3) is 0 Å². The molecule has 0 aliphatic carbocycles. The molecule has 0 atom stereocenters. The number of aromatic nitrogens is 3. The number of fused-ring (bicyclic) bond motifs is 5. The van der Waals surface area contributed by atoms with E-state index < -0.39 is 5.41 Å². The van der Waals surface area contributed by atoms with Gasteiger partial charge in [-0.3, -0.25) is 14.5 Å². The van der Waals surface area contributed by atoms with Gasteiger partial charge in [0.05, 0.1) is 39.5 Å². The van der Waals surface area contributed by atoms with E-state index in [1.54, 1.807) is 6.20 Å². The van der Waals surface area contributed by atoms with Gasteiger partial charge in [-0.15, -0.1) is 0 Å². The summed E-state index contributed by atoms with van der Waals surface area (Å²) in [5, 5.41) is 11.6. The first-order chi connectivity index (χ1) is 23.3. The second kappa shape index (κ2) is 10.5. The highest BCUT2D eigenvalue weighted by molar-refractivity contribution is 6.09. The molecule has 0 radical (unpaired) electrons. The number of nitriles is 1. The van der Waals surface area contributed by atoms with Crippen LogP contribution in [-0.2, 0) is 5.41 Å². The summed E-state index contributed by atoms with van der Waals surface area (Å²) in [6.45, 7) is 0. The Bertz CT molecular complexity index is 2400. The molecule has 0 bridgehead atoms. The Morgan fingerprint density at radius 1 is 0.553 bits per heavy atom. The highest BCUT2D eigenvalue weighted by Crippen LogP contribution is 2.57. The van der Waals surface area contributed by atoms with E-state index in [1.165, 1.54) is 22.3 Å². The van der Waals surface area contributed by atoms with E-state index >= 15 is 0 Å². The zero-order valence-corrected chi connectivity index (χ0v) is 25.3. The molecule has 5 nitrogen and oxygen atoms in total. The Balaban J connectivity index is 1.31. The largest absolute Gasteiger partial charge is 0.294 e. The third-order valence-corrected chi connectivity index (χ3v) is 9.39. The standard InChI is InChI=1S/C42H27N5/c43-27-29-22-23-36-32(26-29)33-28-44-25-24-37(33)46(36)40-20-11-21-41(45-40)47-38-18-9-7-16-34(38)42(30-12-3-1-4-13-30,31-14-5-2-6-15-31)35-17-8-10-19-39(35)47/h1-26,28H. The zero-order valence-electron chi connectivity index (χ0n) is 25.3. The van der Waals surface area contributed by atoms with Crippen LogP contribution in [0.1, 0.15) is 27.8 Å². The fourth-order valence-corrected chi connectivity index (χ4v) is 7.50. The molecular weight excluding hydrogens is 574 g/mol. The van der Waals surface area contributed by atoms with Crippen molar-refractivity contribution in [1.82, 2.24) is 14.5 Å². The van der Waals surface area contributed by atoms with Gasteiger partial charge in [0.1, 0.15) is 11.6 Å². The molecule has 9 rings (SSSR count). The van der Waals surface area contributed by atoms with Gasteiger partial charge in [-0.2, -0.15) is 5.26 Å². The van der Waals surface area contributed by atoms with E-state index in [0.717, 1.165) is 44.8 Å². The van der Waals surface area contributed by atoms with Gasteiger partial charge in [0.15, 0.2) is 0 Å². The van der Waals surface area contributed by atoms with Gasteiger partial charge < -0.3 is 0 Å². The van der Waals surface area contributed by atoms with E-state index in [-0.39, 0.29) is 0 Å². The van der Waals surface area contributed by atoms with Crippen molar-refractivity contribution in [3.63, 3.8) is 0 Å². The fourth-order valence-electron chi connectivity index (χ4n) is 7.50. The molecule has 1 aliphatic rings. The quantitative estimate of drug-likeness (QED) is 0.202. The van der Waals surface area contributed by atoms with E-state index in [1.807, 2.05) is 36.5 Å². The van der Waals surface area contributed by atoms with Gasteiger partial charge in [0.2, 0.25) is 0 Å². The Kier molecular flexibility index (Phi) is 6.02. The molecule has 0 unspecified atom stereocenters. The third kappa shape index (κ3) is 3.89. The average molecular weight is 602 g/mol. The molecule has 0 spiro atoms. The van der Waals surface area contributed by atoms with Crippen molar-refractivity contribution in [2.24, 2.45) is 0 Å². The van der Waals surface area contributed by atoms with Gasteiger partial charge >= 0.3 is 0 Å². The van der Waals surface area contributed by atoms with Crippen molar-refractivity contribution in [3.05, 3.63) is 192 Å². The number of pyridine rings is 2. The summed E-state index contributed by atoms with van der Waals surface area (Å²) < 4.78 is 2.16. The Morgan fingerprint density at radius 2 is 1.15 bits per heavy atom.